The van der Waals surface area contributed by atoms with Gasteiger partial charge in [-0.05, 0) is 72.8 Å². The Morgan fingerprint density at radius 3 is 1.08 bits per heavy atom. The zero-order chi connectivity index (χ0) is 32.5. The van der Waals surface area contributed by atoms with E-state index in [4.69, 9.17) is 29.9 Å². The van der Waals surface area contributed by atoms with Crippen LogP contribution < -0.4 is 0 Å². The predicted octanol–water partition coefficient (Wildman–Crippen LogP) is 6.36. The molecule has 2 aliphatic heterocycles. The van der Waals surface area contributed by atoms with Gasteiger partial charge in [0.25, 0.3) is 0 Å². The van der Waals surface area contributed by atoms with Crippen LogP contribution in [-0.2, 0) is 0 Å². The maximum Gasteiger partial charge on any atom is 0.164 e. The molecule has 0 unspecified atom stereocenters. The smallest absolute Gasteiger partial charge is 0.164 e. The number of rotatable bonds is 0. The Kier molecular flexibility index (Phi) is 5.46. The monoisotopic (exact) mass is 614 g/mol. The number of aromatic amines is 2. The van der Waals surface area contributed by atoms with E-state index in [0.717, 1.165) is 0 Å². The molecule has 48 heavy (non-hydrogen) atoms. The van der Waals surface area contributed by atoms with Gasteiger partial charge >= 0.3 is 0 Å². The number of nitrogens with one attached hydrogen (secondary N) is 2. The molecule has 5 heterocycles. The lowest BCUT2D eigenvalue weighted by Gasteiger charge is -1.98. The number of H-pyrrole nitrogens is 2. The van der Waals surface area contributed by atoms with Crippen LogP contribution in [0, 0.1) is 45.3 Å². The maximum absolute atomic E-state index is 9.69. The molecule has 0 saturated heterocycles. The Morgan fingerprint density at radius 2 is 0.688 bits per heavy atom. The molecular weight excluding hydrogens is 600 g/mol. The molecule has 9 rings (SSSR count). The first kappa shape index (κ1) is 26.6. The summed E-state index contributed by atoms with van der Waals surface area (Å²) in [5.41, 5.74) is 6.02. The lowest BCUT2D eigenvalue weighted by Crippen LogP contribution is -1.84. The van der Waals surface area contributed by atoms with Gasteiger partial charge in [-0.3, -0.25) is 0 Å². The molecule has 0 aliphatic carbocycles. The molecule has 0 amide bonds. The molecule has 218 valence electrons. The molecule has 7 aromatic rings. The second kappa shape index (κ2) is 9.85. The molecule has 12 heteroatoms. The van der Waals surface area contributed by atoms with Gasteiger partial charge in [0.2, 0.25) is 0 Å². The van der Waals surface area contributed by atoms with Crippen molar-refractivity contribution in [1.82, 2.24) is 39.9 Å². The minimum absolute atomic E-state index is 0.327. The molecule has 4 aromatic carbocycles. The Bertz CT molecular complexity index is 2760. The Balaban J connectivity index is 1.50. The van der Waals surface area contributed by atoms with Gasteiger partial charge in [0.1, 0.15) is 22.6 Å². The summed E-state index contributed by atoms with van der Waals surface area (Å²) < 4.78 is 0. The second-order valence-corrected chi connectivity index (χ2v) is 11.1. The fraction of sp³-hybridized carbons (Fsp3) is 0. The summed E-state index contributed by atoms with van der Waals surface area (Å²) in [6.07, 6.45) is 0. The van der Waals surface area contributed by atoms with Crippen LogP contribution >= 0.6 is 0 Å². The van der Waals surface area contributed by atoms with Crippen LogP contribution in [-0.4, -0.2) is 39.9 Å². The fourth-order valence-corrected chi connectivity index (χ4v) is 6.07. The van der Waals surface area contributed by atoms with E-state index in [-0.39, 0.29) is 0 Å². The SMILES string of the molecule is N#Cc1ccc2c(c1)-c1nc-2nc2[nH]c(nc3nc(nc4[nH]c(n1)c1ccc(C#N)cc41)-c1ccc(C#N)cc1-3)c1ccc(C#N)cc21. The van der Waals surface area contributed by atoms with Crippen molar-refractivity contribution in [2.75, 3.05) is 0 Å². The Morgan fingerprint density at radius 1 is 0.354 bits per heavy atom. The lowest BCUT2D eigenvalue weighted by atomic mass is 10.1. The van der Waals surface area contributed by atoms with Crippen LogP contribution in [0.4, 0.5) is 0 Å². The van der Waals surface area contributed by atoms with Crippen molar-refractivity contribution in [3.8, 4) is 69.8 Å². The summed E-state index contributed by atoms with van der Waals surface area (Å²) in [6.45, 7) is 0. The zero-order valence-electron chi connectivity index (χ0n) is 24.4. The highest BCUT2D eigenvalue weighted by Gasteiger charge is 2.23. The van der Waals surface area contributed by atoms with Crippen LogP contribution in [0.25, 0.3) is 89.7 Å². The third-order valence-electron chi connectivity index (χ3n) is 8.35. The van der Waals surface area contributed by atoms with Crippen molar-refractivity contribution in [1.29, 1.82) is 21.0 Å². The van der Waals surface area contributed by atoms with Gasteiger partial charge in [-0.1, -0.05) is 0 Å². The fourth-order valence-electron chi connectivity index (χ4n) is 6.07. The minimum atomic E-state index is 0.327. The number of benzene rings is 4. The molecule has 2 N–H and O–H groups in total. The number of nitrogens with zero attached hydrogens (tertiary/aromatic N) is 10. The molecular formula is C36H14N12. The highest BCUT2D eigenvalue weighted by atomic mass is 15.1. The second-order valence-electron chi connectivity index (χ2n) is 11.1. The lowest BCUT2D eigenvalue weighted by molar-refractivity contribution is 1.19. The van der Waals surface area contributed by atoms with E-state index in [9.17, 15) is 21.0 Å². The molecule has 0 atom stereocenters. The van der Waals surface area contributed by atoms with Crippen LogP contribution in [0.5, 0.6) is 0 Å². The topological polar surface area (TPSA) is 204 Å². The van der Waals surface area contributed by atoms with E-state index < -0.39 is 0 Å². The summed E-state index contributed by atoms with van der Waals surface area (Å²) >= 11 is 0. The van der Waals surface area contributed by atoms with Gasteiger partial charge in [0, 0.05) is 43.8 Å². The van der Waals surface area contributed by atoms with Crippen molar-refractivity contribution in [2.24, 2.45) is 0 Å². The van der Waals surface area contributed by atoms with Gasteiger partial charge in [-0.15, -0.1) is 0 Å². The van der Waals surface area contributed by atoms with Crippen LogP contribution in [0.3, 0.4) is 0 Å². The quantitative estimate of drug-likeness (QED) is 0.193. The summed E-state index contributed by atoms with van der Waals surface area (Å²) in [5.74, 6) is 1.35. The van der Waals surface area contributed by atoms with Crippen LogP contribution in [0.2, 0.25) is 0 Å². The predicted molar refractivity (Wildman–Crippen MR) is 175 cm³/mol. The first-order chi connectivity index (χ1) is 23.5. The van der Waals surface area contributed by atoms with Crippen LogP contribution in [0.15, 0.2) is 72.8 Å². The van der Waals surface area contributed by atoms with E-state index in [0.29, 0.717) is 112 Å². The molecule has 12 nitrogen and oxygen atoms in total. The largest absolute Gasteiger partial charge is 0.324 e. The van der Waals surface area contributed by atoms with Gasteiger partial charge in [0.05, 0.1) is 46.5 Å². The zero-order valence-corrected chi connectivity index (χ0v) is 24.4. The third-order valence-corrected chi connectivity index (χ3v) is 8.35. The number of hydrogen-bond acceptors (Lipinski definition) is 10. The van der Waals surface area contributed by atoms with Gasteiger partial charge < -0.3 is 9.97 Å². The molecule has 0 fully saturated rings. The number of aromatic nitrogens is 8. The van der Waals surface area contributed by atoms with Crippen molar-refractivity contribution < 1.29 is 0 Å². The average Bonchev–Trinajstić information content (AvgIpc) is 3.85. The first-order valence-corrected chi connectivity index (χ1v) is 14.5. The number of nitriles is 4. The number of hydrogen-bond donors (Lipinski definition) is 2. The first-order valence-electron chi connectivity index (χ1n) is 14.5. The average molecular weight is 615 g/mol. The van der Waals surface area contributed by atoms with Crippen molar-refractivity contribution in [3.05, 3.63) is 95.1 Å². The molecule has 3 aromatic heterocycles. The van der Waals surface area contributed by atoms with Gasteiger partial charge in [-0.25, -0.2) is 29.9 Å². The van der Waals surface area contributed by atoms with E-state index in [2.05, 4.69) is 34.2 Å². The summed E-state index contributed by atoms with van der Waals surface area (Å²) in [6, 6.07) is 29.6. The van der Waals surface area contributed by atoms with Gasteiger partial charge in [0.15, 0.2) is 23.3 Å². The normalized spacial score (nSPS) is 11.2. The molecule has 0 saturated carbocycles. The summed E-state index contributed by atoms with van der Waals surface area (Å²) in [5, 5.41) is 41.4. The Hall–Kier alpha value is -7.80. The van der Waals surface area contributed by atoms with Crippen molar-refractivity contribution >= 4 is 44.1 Å². The molecule has 0 radical (unpaired) electrons. The highest BCUT2D eigenvalue weighted by molar-refractivity contribution is 6.07. The minimum Gasteiger partial charge on any atom is -0.324 e. The summed E-state index contributed by atoms with van der Waals surface area (Å²) in [4.78, 5) is 35.9. The summed E-state index contributed by atoms with van der Waals surface area (Å²) in [7, 11) is 0. The molecule has 8 bridgehead atoms. The van der Waals surface area contributed by atoms with Crippen molar-refractivity contribution in [2.45, 2.75) is 0 Å². The van der Waals surface area contributed by atoms with Crippen LogP contribution in [0.1, 0.15) is 22.3 Å². The van der Waals surface area contributed by atoms with Gasteiger partial charge in [-0.2, -0.15) is 21.0 Å². The number of fused-ring (bicyclic) bond motifs is 20. The van der Waals surface area contributed by atoms with Crippen molar-refractivity contribution in [3.63, 3.8) is 0 Å². The highest BCUT2D eigenvalue weighted by Crippen LogP contribution is 2.37. The molecule has 2 aliphatic rings. The van der Waals surface area contributed by atoms with E-state index in [1.54, 1.807) is 72.8 Å². The van der Waals surface area contributed by atoms with E-state index >= 15 is 0 Å². The van der Waals surface area contributed by atoms with E-state index in [1.807, 2.05) is 0 Å². The Labute approximate surface area is 269 Å². The standard InChI is InChI=1S/C36H14N12/c37-13-17-1-5-21-25(9-17)33-41-29(21)45-34-26-10-18(14-38)2-6-22(26)31(42-34)47-36-28-12-20(16-40)4-8-24(28)32(44-36)48-35-27-11-19(15-39)3-7-23(27)30(43-35)46-33/h1-12H,(H2,41,42,43,44,45,46,47,48). The molecule has 0 spiro atoms. The third kappa shape index (κ3) is 3.92. The maximum atomic E-state index is 9.69. The van der Waals surface area contributed by atoms with E-state index in [1.165, 1.54) is 0 Å².